The van der Waals surface area contributed by atoms with Crippen molar-refractivity contribution in [1.82, 2.24) is 15.3 Å². The minimum atomic E-state index is 0.551. The first kappa shape index (κ1) is 13.8. The summed E-state index contributed by atoms with van der Waals surface area (Å²) in [6.45, 7) is 0.788. The van der Waals surface area contributed by atoms with E-state index in [1.165, 1.54) is 12.8 Å². The summed E-state index contributed by atoms with van der Waals surface area (Å²) in [5.41, 5.74) is 1.88. The molecular formula is C15H15Cl2N3. The number of nitrogens with one attached hydrogen (secondary N) is 1. The Morgan fingerprint density at radius 1 is 1.15 bits per heavy atom. The molecule has 1 heterocycles. The van der Waals surface area contributed by atoms with Gasteiger partial charge in [-0.15, -0.1) is 0 Å². The quantitative estimate of drug-likeness (QED) is 0.916. The molecule has 2 aromatic rings. The molecule has 1 aliphatic rings. The van der Waals surface area contributed by atoms with Crippen LogP contribution in [-0.4, -0.2) is 16.0 Å². The smallest absolute Gasteiger partial charge is 0.133 e. The first-order valence-electron chi connectivity index (χ1n) is 6.69. The highest BCUT2D eigenvalue weighted by Crippen LogP contribution is 2.26. The van der Waals surface area contributed by atoms with Gasteiger partial charge in [-0.1, -0.05) is 29.3 Å². The molecule has 1 saturated carbocycles. The average Bonchev–Trinajstić information content (AvgIpc) is 3.26. The van der Waals surface area contributed by atoms with Gasteiger partial charge in [0.1, 0.15) is 5.82 Å². The third-order valence-electron chi connectivity index (χ3n) is 3.31. The van der Waals surface area contributed by atoms with Crippen molar-refractivity contribution in [3.8, 4) is 0 Å². The van der Waals surface area contributed by atoms with Crippen molar-refractivity contribution in [2.24, 2.45) is 0 Å². The average molecular weight is 308 g/mol. The Morgan fingerprint density at radius 2 is 1.90 bits per heavy atom. The molecule has 1 N–H and O–H groups in total. The summed E-state index contributed by atoms with van der Waals surface area (Å²) in [5.74, 6) is 0.745. The Kier molecular flexibility index (Phi) is 4.20. The summed E-state index contributed by atoms with van der Waals surface area (Å²) in [6, 6.07) is 8.12. The predicted molar refractivity (Wildman–Crippen MR) is 81.2 cm³/mol. The van der Waals surface area contributed by atoms with Gasteiger partial charge in [-0.25, -0.2) is 9.97 Å². The minimum absolute atomic E-state index is 0.551. The molecule has 1 aliphatic carbocycles. The second-order valence-corrected chi connectivity index (χ2v) is 5.81. The molecule has 0 amide bonds. The molecule has 0 bridgehead atoms. The van der Waals surface area contributed by atoms with Crippen LogP contribution in [0.25, 0.3) is 0 Å². The van der Waals surface area contributed by atoms with E-state index in [0.717, 1.165) is 23.6 Å². The van der Waals surface area contributed by atoms with Crippen molar-refractivity contribution < 1.29 is 0 Å². The van der Waals surface area contributed by atoms with E-state index in [4.69, 9.17) is 23.2 Å². The van der Waals surface area contributed by atoms with Crippen LogP contribution in [0.5, 0.6) is 0 Å². The molecule has 1 aromatic carbocycles. The Hall–Kier alpha value is -1.16. The summed E-state index contributed by atoms with van der Waals surface area (Å²) < 4.78 is 0. The minimum Gasteiger partial charge on any atom is -0.308 e. The fourth-order valence-corrected chi connectivity index (χ4v) is 2.55. The fraction of sp³-hybridized carbons (Fsp3) is 0.333. The second kappa shape index (κ2) is 6.08. The monoisotopic (exact) mass is 307 g/mol. The van der Waals surface area contributed by atoms with Gasteiger partial charge in [0.05, 0.1) is 5.69 Å². The van der Waals surface area contributed by atoms with Gasteiger partial charge in [-0.2, -0.15) is 0 Å². The van der Waals surface area contributed by atoms with Gasteiger partial charge in [0, 0.05) is 35.2 Å². The van der Waals surface area contributed by atoms with Gasteiger partial charge in [0.2, 0.25) is 0 Å². The lowest BCUT2D eigenvalue weighted by atomic mass is 10.1. The standard InChI is InChI=1S/C15H15Cl2N3/c16-13-2-1-3-14(17)12(13)8-15-18-7-6-11(20-15)9-19-10-4-5-10/h1-3,6-7,10,19H,4-5,8-9H2. The van der Waals surface area contributed by atoms with Crippen LogP contribution in [0.15, 0.2) is 30.5 Å². The SMILES string of the molecule is Clc1cccc(Cl)c1Cc1nccc(CNC2CC2)n1. The van der Waals surface area contributed by atoms with Gasteiger partial charge < -0.3 is 5.32 Å². The van der Waals surface area contributed by atoms with Crippen LogP contribution < -0.4 is 5.32 Å². The lowest BCUT2D eigenvalue weighted by Crippen LogP contribution is -2.16. The maximum absolute atomic E-state index is 6.18. The Bertz CT molecular complexity index is 592. The van der Waals surface area contributed by atoms with Crippen molar-refractivity contribution in [2.45, 2.75) is 31.8 Å². The van der Waals surface area contributed by atoms with Crippen LogP contribution in [0, 0.1) is 0 Å². The third kappa shape index (κ3) is 3.48. The highest BCUT2D eigenvalue weighted by atomic mass is 35.5. The van der Waals surface area contributed by atoms with E-state index in [1.807, 2.05) is 24.3 Å². The molecule has 0 atom stereocenters. The van der Waals surface area contributed by atoms with Crippen molar-refractivity contribution in [2.75, 3.05) is 0 Å². The number of halogens is 2. The van der Waals surface area contributed by atoms with Gasteiger partial charge in [0.15, 0.2) is 0 Å². The summed E-state index contributed by atoms with van der Waals surface area (Å²) in [7, 11) is 0. The Balaban J connectivity index is 1.74. The Labute approximate surface area is 128 Å². The van der Waals surface area contributed by atoms with Gasteiger partial charge in [0.25, 0.3) is 0 Å². The maximum Gasteiger partial charge on any atom is 0.133 e. The molecule has 20 heavy (non-hydrogen) atoms. The molecule has 1 fully saturated rings. The van der Waals surface area contributed by atoms with Gasteiger partial charge in [-0.05, 0) is 36.6 Å². The predicted octanol–water partition coefficient (Wildman–Crippen LogP) is 3.63. The van der Waals surface area contributed by atoms with Crippen LogP contribution in [0.4, 0.5) is 0 Å². The van der Waals surface area contributed by atoms with Crippen molar-refractivity contribution in [1.29, 1.82) is 0 Å². The van der Waals surface area contributed by atoms with Crippen LogP contribution in [0.2, 0.25) is 10.0 Å². The maximum atomic E-state index is 6.18. The molecule has 0 saturated heterocycles. The molecule has 3 nitrogen and oxygen atoms in total. The van der Waals surface area contributed by atoms with E-state index in [2.05, 4.69) is 15.3 Å². The summed E-state index contributed by atoms with van der Waals surface area (Å²) >= 11 is 12.4. The largest absolute Gasteiger partial charge is 0.308 e. The van der Waals surface area contributed by atoms with Crippen LogP contribution in [0.3, 0.4) is 0 Å². The molecule has 3 rings (SSSR count). The molecule has 0 spiro atoms. The molecular weight excluding hydrogens is 293 g/mol. The molecule has 5 heteroatoms. The normalized spacial score (nSPS) is 14.5. The first-order chi connectivity index (χ1) is 9.72. The zero-order valence-electron chi connectivity index (χ0n) is 10.9. The second-order valence-electron chi connectivity index (χ2n) is 5.00. The first-order valence-corrected chi connectivity index (χ1v) is 7.45. The van der Waals surface area contributed by atoms with Crippen molar-refractivity contribution in [3.05, 3.63) is 57.6 Å². The zero-order valence-corrected chi connectivity index (χ0v) is 12.5. The molecule has 104 valence electrons. The lowest BCUT2D eigenvalue weighted by molar-refractivity contribution is 0.668. The number of nitrogens with zero attached hydrogens (tertiary/aromatic N) is 2. The van der Waals surface area contributed by atoms with Crippen molar-refractivity contribution >= 4 is 23.2 Å². The number of aromatic nitrogens is 2. The zero-order chi connectivity index (χ0) is 13.9. The Morgan fingerprint density at radius 3 is 2.60 bits per heavy atom. The summed E-state index contributed by atoms with van der Waals surface area (Å²) in [4.78, 5) is 8.86. The van der Waals surface area contributed by atoms with Crippen LogP contribution in [0.1, 0.15) is 29.9 Å². The molecule has 0 aliphatic heterocycles. The van der Waals surface area contributed by atoms with Crippen molar-refractivity contribution in [3.63, 3.8) is 0 Å². The topological polar surface area (TPSA) is 37.8 Å². The fourth-order valence-electron chi connectivity index (χ4n) is 2.02. The summed E-state index contributed by atoms with van der Waals surface area (Å²) in [5, 5.41) is 4.75. The third-order valence-corrected chi connectivity index (χ3v) is 4.02. The number of hydrogen-bond donors (Lipinski definition) is 1. The highest BCUT2D eigenvalue weighted by Gasteiger charge is 2.20. The van der Waals surface area contributed by atoms with E-state index in [1.54, 1.807) is 6.20 Å². The van der Waals surface area contributed by atoms with E-state index >= 15 is 0 Å². The van der Waals surface area contributed by atoms with Gasteiger partial charge >= 0.3 is 0 Å². The van der Waals surface area contributed by atoms with E-state index in [0.29, 0.717) is 22.5 Å². The molecule has 0 radical (unpaired) electrons. The van der Waals surface area contributed by atoms with Crippen LogP contribution in [-0.2, 0) is 13.0 Å². The highest BCUT2D eigenvalue weighted by molar-refractivity contribution is 6.36. The van der Waals surface area contributed by atoms with Crippen LogP contribution >= 0.6 is 23.2 Å². The summed E-state index contributed by atoms with van der Waals surface area (Å²) in [6.07, 6.45) is 4.88. The van der Waals surface area contributed by atoms with Gasteiger partial charge in [-0.3, -0.25) is 0 Å². The number of benzene rings is 1. The number of hydrogen-bond acceptors (Lipinski definition) is 3. The lowest BCUT2D eigenvalue weighted by Gasteiger charge is -2.07. The van der Waals surface area contributed by atoms with E-state index in [-0.39, 0.29) is 0 Å². The van der Waals surface area contributed by atoms with E-state index in [9.17, 15) is 0 Å². The van der Waals surface area contributed by atoms with E-state index < -0.39 is 0 Å². The molecule has 1 aromatic heterocycles. The molecule has 0 unspecified atom stereocenters. The number of rotatable bonds is 5.